The molecular formula is C13H20N2O4S. The Labute approximate surface area is 119 Å². The highest BCUT2D eigenvalue weighted by Crippen LogP contribution is 2.25. The molecule has 20 heavy (non-hydrogen) atoms. The molecule has 6 nitrogen and oxygen atoms in total. The van der Waals surface area contributed by atoms with Crippen molar-refractivity contribution in [3.63, 3.8) is 0 Å². The predicted molar refractivity (Wildman–Crippen MR) is 75.7 cm³/mol. The predicted octanol–water partition coefficient (Wildman–Crippen LogP) is 0.431. The number of ether oxygens (including phenoxy) is 1. The van der Waals surface area contributed by atoms with Crippen molar-refractivity contribution in [1.29, 1.82) is 0 Å². The minimum Gasteiger partial charge on any atom is -0.398 e. The zero-order chi connectivity index (χ0) is 14.6. The number of hydrogen-bond acceptors (Lipinski definition) is 5. The summed E-state index contributed by atoms with van der Waals surface area (Å²) < 4.78 is 31.9. The second-order valence-electron chi connectivity index (χ2n) is 4.74. The SMILES string of the molecule is Nc1ccccc1S(=O)(=O)N1CCC(OCCO)CC1. The summed E-state index contributed by atoms with van der Waals surface area (Å²) in [5.74, 6) is 0. The molecule has 1 saturated heterocycles. The van der Waals surface area contributed by atoms with Crippen molar-refractivity contribution in [2.75, 3.05) is 32.0 Å². The third kappa shape index (κ3) is 3.29. The van der Waals surface area contributed by atoms with Crippen molar-refractivity contribution in [2.45, 2.75) is 23.8 Å². The molecule has 0 aromatic heterocycles. The van der Waals surface area contributed by atoms with E-state index in [0.29, 0.717) is 32.5 Å². The topological polar surface area (TPSA) is 92.9 Å². The Morgan fingerprint density at radius 2 is 1.95 bits per heavy atom. The minimum absolute atomic E-state index is 0.0148. The van der Waals surface area contributed by atoms with E-state index in [-0.39, 0.29) is 23.3 Å². The number of benzene rings is 1. The molecule has 1 aliphatic rings. The van der Waals surface area contributed by atoms with Gasteiger partial charge in [-0.05, 0) is 25.0 Å². The molecule has 2 rings (SSSR count). The first kappa shape index (κ1) is 15.2. The minimum atomic E-state index is -3.53. The Morgan fingerprint density at radius 1 is 1.30 bits per heavy atom. The maximum Gasteiger partial charge on any atom is 0.245 e. The van der Waals surface area contributed by atoms with Crippen LogP contribution in [0.3, 0.4) is 0 Å². The van der Waals surface area contributed by atoms with E-state index in [9.17, 15) is 8.42 Å². The number of hydrogen-bond donors (Lipinski definition) is 2. The van der Waals surface area contributed by atoms with Crippen LogP contribution in [0.15, 0.2) is 29.2 Å². The van der Waals surface area contributed by atoms with Crippen molar-refractivity contribution >= 4 is 15.7 Å². The number of aliphatic hydroxyl groups excluding tert-OH is 1. The average molecular weight is 300 g/mol. The molecule has 1 aromatic rings. The van der Waals surface area contributed by atoms with Gasteiger partial charge in [-0.3, -0.25) is 0 Å². The number of aliphatic hydroxyl groups is 1. The van der Waals surface area contributed by atoms with E-state index >= 15 is 0 Å². The smallest absolute Gasteiger partial charge is 0.245 e. The first-order valence-electron chi connectivity index (χ1n) is 6.63. The van der Waals surface area contributed by atoms with Crippen molar-refractivity contribution in [3.8, 4) is 0 Å². The van der Waals surface area contributed by atoms with Gasteiger partial charge in [0.2, 0.25) is 10.0 Å². The van der Waals surface area contributed by atoms with Gasteiger partial charge in [0.15, 0.2) is 0 Å². The summed E-state index contributed by atoms with van der Waals surface area (Å²) in [5.41, 5.74) is 6.02. The summed E-state index contributed by atoms with van der Waals surface area (Å²) in [5, 5.41) is 8.71. The standard InChI is InChI=1S/C13H20N2O4S/c14-12-3-1-2-4-13(12)20(17,18)15-7-5-11(6-8-15)19-10-9-16/h1-4,11,16H,5-10,14H2. The molecule has 1 fully saturated rings. The fourth-order valence-corrected chi connectivity index (χ4v) is 3.90. The highest BCUT2D eigenvalue weighted by atomic mass is 32.2. The van der Waals surface area contributed by atoms with Crippen molar-refractivity contribution < 1.29 is 18.3 Å². The first-order chi connectivity index (χ1) is 9.55. The van der Waals surface area contributed by atoms with Crippen LogP contribution in [0.25, 0.3) is 0 Å². The lowest BCUT2D eigenvalue weighted by molar-refractivity contribution is 0.00319. The van der Waals surface area contributed by atoms with E-state index in [2.05, 4.69) is 0 Å². The number of rotatable bonds is 5. The third-order valence-corrected chi connectivity index (χ3v) is 5.36. The number of piperidine rings is 1. The summed E-state index contributed by atoms with van der Waals surface area (Å²) >= 11 is 0. The summed E-state index contributed by atoms with van der Waals surface area (Å²) in [7, 11) is -3.53. The Hall–Kier alpha value is -1.15. The van der Waals surface area contributed by atoms with Gasteiger partial charge in [0.05, 0.1) is 25.0 Å². The van der Waals surface area contributed by atoms with Crippen LogP contribution in [0.1, 0.15) is 12.8 Å². The summed E-state index contributed by atoms with van der Waals surface area (Å²) in [6.45, 7) is 1.10. The molecular weight excluding hydrogens is 280 g/mol. The lowest BCUT2D eigenvalue weighted by Crippen LogP contribution is -2.41. The molecule has 0 aliphatic carbocycles. The fraction of sp³-hybridized carbons (Fsp3) is 0.538. The van der Waals surface area contributed by atoms with Crippen LogP contribution in [0.4, 0.5) is 5.69 Å². The van der Waals surface area contributed by atoms with E-state index in [4.69, 9.17) is 15.6 Å². The van der Waals surface area contributed by atoms with Crippen LogP contribution in [0.2, 0.25) is 0 Å². The lowest BCUT2D eigenvalue weighted by atomic mass is 10.1. The Bertz CT molecular complexity index is 539. The number of anilines is 1. The van der Waals surface area contributed by atoms with E-state index in [1.165, 1.54) is 10.4 Å². The van der Waals surface area contributed by atoms with E-state index in [1.54, 1.807) is 18.2 Å². The Kier molecular flexibility index (Phi) is 4.98. The number of sulfonamides is 1. The van der Waals surface area contributed by atoms with E-state index < -0.39 is 10.0 Å². The molecule has 0 radical (unpaired) electrons. The van der Waals surface area contributed by atoms with Gasteiger partial charge >= 0.3 is 0 Å². The maximum atomic E-state index is 12.5. The number of nitrogens with zero attached hydrogens (tertiary/aromatic N) is 1. The molecule has 0 atom stereocenters. The number of nitrogens with two attached hydrogens (primary N) is 1. The van der Waals surface area contributed by atoms with Crippen molar-refractivity contribution in [1.82, 2.24) is 4.31 Å². The second-order valence-corrected chi connectivity index (χ2v) is 6.64. The molecule has 0 amide bonds. The molecule has 3 N–H and O–H groups in total. The molecule has 7 heteroatoms. The van der Waals surface area contributed by atoms with Gasteiger partial charge < -0.3 is 15.6 Å². The molecule has 1 heterocycles. The fourth-order valence-electron chi connectivity index (χ4n) is 2.31. The van der Waals surface area contributed by atoms with Gasteiger partial charge in [-0.2, -0.15) is 4.31 Å². The van der Waals surface area contributed by atoms with Gasteiger partial charge in [-0.15, -0.1) is 0 Å². The molecule has 0 unspecified atom stereocenters. The van der Waals surface area contributed by atoms with Crippen LogP contribution in [0.5, 0.6) is 0 Å². The van der Waals surface area contributed by atoms with Crippen molar-refractivity contribution in [2.24, 2.45) is 0 Å². The van der Waals surface area contributed by atoms with Gasteiger partial charge in [0.25, 0.3) is 0 Å². The lowest BCUT2D eigenvalue weighted by Gasteiger charge is -2.31. The van der Waals surface area contributed by atoms with Gasteiger partial charge in [-0.25, -0.2) is 8.42 Å². The number of nitrogen functional groups attached to an aromatic ring is 1. The maximum absolute atomic E-state index is 12.5. The average Bonchev–Trinajstić information content (AvgIpc) is 2.46. The Morgan fingerprint density at radius 3 is 2.55 bits per heavy atom. The normalized spacial score (nSPS) is 18.2. The van der Waals surface area contributed by atoms with Crippen molar-refractivity contribution in [3.05, 3.63) is 24.3 Å². The van der Waals surface area contributed by atoms with Gasteiger partial charge in [-0.1, -0.05) is 12.1 Å². The van der Waals surface area contributed by atoms with E-state index in [1.807, 2.05) is 0 Å². The summed E-state index contributed by atoms with van der Waals surface area (Å²) in [6, 6.07) is 6.49. The Balaban J connectivity index is 2.04. The molecule has 1 aliphatic heterocycles. The third-order valence-electron chi connectivity index (χ3n) is 3.38. The van der Waals surface area contributed by atoms with Crippen LogP contribution in [0, 0.1) is 0 Å². The molecule has 112 valence electrons. The monoisotopic (exact) mass is 300 g/mol. The first-order valence-corrected chi connectivity index (χ1v) is 8.07. The molecule has 0 bridgehead atoms. The highest BCUT2D eigenvalue weighted by molar-refractivity contribution is 7.89. The van der Waals surface area contributed by atoms with Gasteiger partial charge in [0.1, 0.15) is 4.90 Å². The molecule has 1 aromatic carbocycles. The zero-order valence-electron chi connectivity index (χ0n) is 11.2. The summed E-state index contributed by atoms with van der Waals surface area (Å²) in [4.78, 5) is 0.162. The molecule has 0 spiro atoms. The summed E-state index contributed by atoms with van der Waals surface area (Å²) in [6.07, 6.45) is 1.28. The molecule has 0 saturated carbocycles. The second kappa shape index (κ2) is 6.53. The van der Waals surface area contributed by atoms with E-state index in [0.717, 1.165) is 0 Å². The highest BCUT2D eigenvalue weighted by Gasteiger charge is 2.30. The quantitative estimate of drug-likeness (QED) is 0.769. The number of para-hydroxylation sites is 1. The van der Waals surface area contributed by atoms with Crippen LogP contribution >= 0.6 is 0 Å². The largest absolute Gasteiger partial charge is 0.398 e. The van der Waals surface area contributed by atoms with Gasteiger partial charge in [0, 0.05) is 13.1 Å². The van der Waals surface area contributed by atoms with Crippen LogP contribution in [-0.2, 0) is 14.8 Å². The van der Waals surface area contributed by atoms with Crippen LogP contribution in [-0.4, -0.2) is 50.2 Å². The zero-order valence-corrected chi connectivity index (χ0v) is 12.1. The van der Waals surface area contributed by atoms with Crippen LogP contribution < -0.4 is 5.73 Å².